The van der Waals surface area contributed by atoms with Gasteiger partial charge in [0.2, 0.25) is 5.65 Å². The van der Waals surface area contributed by atoms with Crippen molar-refractivity contribution in [1.29, 1.82) is 0 Å². The highest BCUT2D eigenvalue weighted by molar-refractivity contribution is 5.71. The van der Waals surface area contributed by atoms with E-state index in [0.717, 1.165) is 42.4 Å². The zero-order chi connectivity index (χ0) is 14.7. The first-order chi connectivity index (χ1) is 10.3. The number of rotatable bonds is 5. The number of para-hydroxylation sites is 1. The number of benzene rings is 1. The van der Waals surface area contributed by atoms with Crippen LogP contribution in [0.4, 0.5) is 11.5 Å². The fourth-order valence-electron chi connectivity index (χ4n) is 2.40. The second-order valence-electron chi connectivity index (χ2n) is 5.03. The van der Waals surface area contributed by atoms with Crippen molar-refractivity contribution >= 4 is 17.2 Å². The summed E-state index contributed by atoms with van der Waals surface area (Å²) in [6.45, 7) is 5.06. The SMILES string of the molecule is CCCCN(c1ccccc1)c1nccn2c(C)nnc12. The van der Waals surface area contributed by atoms with E-state index in [0.29, 0.717) is 0 Å². The van der Waals surface area contributed by atoms with Gasteiger partial charge in [0.05, 0.1) is 0 Å². The maximum atomic E-state index is 4.55. The third-order valence-electron chi connectivity index (χ3n) is 3.54. The van der Waals surface area contributed by atoms with E-state index >= 15 is 0 Å². The molecule has 3 aromatic rings. The molecule has 0 radical (unpaired) electrons. The molecule has 0 spiro atoms. The van der Waals surface area contributed by atoms with Gasteiger partial charge in [-0.2, -0.15) is 0 Å². The zero-order valence-electron chi connectivity index (χ0n) is 12.4. The van der Waals surface area contributed by atoms with E-state index in [4.69, 9.17) is 0 Å². The fourth-order valence-corrected chi connectivity index (χ4v) is 2.40. The maximum Gasteiger partial charge on any atom is 0.204 e. The van der Waals surface area contributed by atoms with E-state index in [1.807, 2.05) is 35.7 Å². The van der Waals surface area contributed by atoms with Crippen molar-refractivity contribution in [3.8, 4) is 0 Å². The Kier molecular flexibility index (Phi) is 3.81. The highest BCUT2D eigenvalue weighted by atomic mass is 15.3. The number of hydrogen-bond acceptors (Lipinski definition) is 4. The van der Waals surface area contributed by atoms with Crippen molar-refractivity contribution in [3.63, 3.8) is 0 Å². The quantitative estimate of drug-likeness (QED) is 0.719. The molecule has 0 aliphatic carbocycles. The molecule has 0 saturated carbocycles. The average Bonchev–Trinajstić information content (AvgIpc) is 2.91. The normalized spacial score (nSPS) is 11.0. The summed E-state index contributed by atoms with van der Waals surface area (Å²) in [6, 6.07) is 10.3. The van der Waals surface area contributed by atoms with Gasteiger partial charge >= 0.3 is 0 Å². The van der Waals surface area contributed by atoms with Crippen molar-refractivity contribution in [1.82, 2.24) is 19.6 Å². The van der Waals surface area contributed by atoms with Crippen LogP contribution in [0.25, 0.3) is 5.65 Å². The monoisotopic (exact) mass is 281 g/mol. The Hall–Kier alpha value is -2.43. The van der Waals surface area contributed by atoms with Crippen LogP contribution >= 0.6 is 0 Å². The summed E-state index contributed by atoms with van der Waals surface area (Å²) >= 11 is 0. The van der Waals surface area contributed by atoms with Crippen LogP contribution in [0.15, 0.2) is 42.7 Å². The lowest BCUT2D eigenvalue weighted by molar-refractivity contribution is 0.779. The van der Waals surface area contributed by atoms with E-state index in [1.165, 1.54) is 0 Å². The third-order valence-corrected chi connectivity index (χ3v) is 3.54. The lowest BCUT2D eigenvalue weighted by atomic mass is 10.2. The predicted molar refractivity (Wildman–Crippen MR) is 83.9 cm³/mol. The number of aromatic nitrogens is 4. The van der Waals surface area contributed by atoms with Gasteiger partial charge in [0.1, 0.15) is 5.82 Å². The average molecular weight is 281 g/mol. The molecule has 0 fully saturated rings. The number of nitrogens with zero attached hydrogens (tertiary/aromatic N) is 5. The summed E-state index contributed by atoms with van der Waals surface area (Å²) in [5, 5.41) is 8.44. The van der Waals surface area contributed by atoms with Gasteiger partial charge in [-0.05, 0) is 25.5 Å². The number of aryl methyl sites for hydroxylation is 1. The molecule has 2 heterocycles. The van der Waals surface area contributed by atoms with Crippen LogP contribution in [0.3, 0.4) is 0 Å². The van der Waals surface area contributed by atoms with Crippen LogP contribution in [0, 0.1) is 6.92 Å². The Morgan fingerprint density at radius 2 is 1.95 bits per heavy atom. The molecule has 0 aliphatic rings. The summed E-state index contributed by atoms with van der Waals surface area (Å²) in [5.41, 5.74) is 1.93. The second kappa shape index (κ2) is 5.91. The zero-order valence-corrected chi connectivity index (χ0v) is 12.4. The molecule has 0 saturated heterocycles. The Labute approximate surface area is 124 Å². The molecule has 5 heteroatoms. The first kappa shape index (κ1) is 13.5. The number of hydrogen-bond donors (Lipinski definition) is 0. The molecule has 0 atom stereocenters. The topological polar surface area (TPSA) is 46.3 Å². The first-order valence-electron chi connectivity index (χ1n) is 7.30. The van der Waals surface area contributed by atoms with E-state index in [9.17, 15) is 0 Å². The lowest BCUT2D eigenvalue weighted by Crippen LogP contribution is -2.20. The Balaban J connectivity index is 2.10. The van der Waals surface area contributed by atoms with Gasteiger partial charge in [0.25, 0.3) is 0 Å². The number of fused-ring (bicyclic) bond motifs is 1. The van der Waals surface area contributed by atoms with Crippen molar-refractivity contribution in [2.45, 2.75) is 26.7 Å². The molecule has 0 aliphatic heterocycles. The van der Waals surface area contributed by atoms with Crippen molar-refractivity contribution in [3.05, 3.63) is 48.5 Å². The van der Waals surface area contributed by atoms with Gasteiger partial charge in [-0.25, -0.2) is 4.98 Å². The first-order valence-corrected chi connectivity index (χ1v) is 7.30. The van der Waals surface area contributed by atoms with Crippen molar-refractivity contribution < 1.29 is 0 Å². The van der Waals surface area contributed by atoms with Gasteiger partial charge in [-0.1, -0.05) is 31.5 Å². The molecule has 0 N–H and O–H groups in total. The van der Waals surface area contributed by atoms with E-state index < -0.39 is 0 Å². The molecule has 1 aromatic carbocycles. The summed E-state index contributed by atoms with van der Waals surface area (Å²) in [5.74, 6) is 1.73. The minimum atomic E-state index is 0.801. The largest absolute Gasteiger partial charge is 0.323 e. The van der Waals surface area contributed by atoms with Crippen LogP contribution in [-0.2, 0) is 0 Å². The summed E-state index contributed by atoms with van der Waals surface area (Å²) in [7, 11) is 0. The molecule has 0 amide bonds. The van der Waals surface area contributed by atoms with Gasteiger partial charge in [0.15, 0.2) is 5.82 Å². The molecule has 108 valence electrons. The predicted octanol–water partition coefficient (Wildman–Crippen LogP) is 3.37. The highest BCUT2D eigenvalue weighted by Crippen LogP contribution is 2.26. The third kappa shape index (κ3) is 2.59. The van der Waals surface area contributed by atoms with Gasteiger partial charge in [-0.15, -0.1) is 10.2 Å². The molecule has 3 rings (SSSR count). The second-order valence-corrected chi connectivity index (χ2v) is 5.03. The van der Waals surface area contributed by atoms with Crippen LogP contribution in [-0.4, -0.2) is 26.1 Å². The molecule has 21 heavy (non-hydrogen) atoms. The maximum absolute atomic E-state index is 4.55. The Morgan fingerprint density at radius 1 is 1.14 bits per heavy atom. The molecular formula is C16H19N5. The van der Waals surface area contributed by atoms with E-state index in [-0.39, 0.29) is 0 Å². The summed E-state index contributed by atoms with van der Waals surface area (Å²) in [4.78, 5) is 6.77. The Bertz CT molecular complexity index is 720. The van der Waals surface area contributed by atoms with Crippen LogP contribution < -0.4 is 4.90 Å². The van der Waals surface area contributed by atoms with Crippen LogP contribution in [0.1, 0.15) is 25.6 Å². The van der Waals surface area contributed by atoms with Gasteiger partial charge in [-0.3, -0.25) is 4.40 Å². The smallest absolute Gasteiger partial charge is 0.204 e. The summed E-state index contributed by atoms with van der Waals surface area (Å²) in [6.07, 6.45) is 5.95. The summed E-state index contributed by atoms with van der Waals surface area (Å²) < 4.78 is 1.98. The molecule has 0 unspecified atom stereocenters. The number of anilines is 2. The Morgan fingerprint density at radius 3 is 2.71 bits per heavy atom. The van der Waals surface area contributed by atoms with Crippen LogP contribution in [0.5, 0.6) is 0 Å². The molecule has 0 bridgehead atoms. The molecular weight excluding hydrogens is 262 g/mol. The van der Waals surface area contributed by atoms with Crippen molar-refractivity contribution in [2.24, 2.45) is 0 Å². The van der Waals surface area contributed by atoms with Crippen LogP contribution in [0.2, 0.25) is 0 Å². The number of unbranched alkanes of at least 4 members (excludes halogenated alkanes) is 1. The standard InChI is InChI=1S/C16H19N5/c1-3-4-11-21(14-8-6-5-7-9-14)15-16-19-18-13(2)20(16)12-10-17-15/h5-10,12H,3-4,11H2,1-2H3. The molecule has 2 aromatic heterocycles. The van der Waals surface area contributed by atoms with E-state index in [2.05, 4.69) is 39.1 Å². The molecule has 5 nitrogen and oxygen atoms in total. The van der Waals surface area contributed by atoms with E-state index in [1.54, 1.807) is 6.20 Å². The minimum absolute atomic E-state index is 0.801. The fraction of sp³-hybridized carbons (Fsp3) is 0.312. The minimum Gasteiger partial charge on any atom is -0.323 e. The lowest BCUT2D eigenvalue weighted by Gasteiger charge is -2.23. The van der Waals surface area contributed by atoms with Crippen molar-refractivity contribution in [2.75, 3.05) is 11.4 Å². The van der Waals surface area contributed by atoms with Gasteiger partial charge < -0.3 is 4.90 Å². The highest BCUT2D eigenvalue weighted by Gasteiger charge is 2.16. The van der Waals surface area contributed by atoms with Gasteiger partial charge in [0, 0.05) is 24.6 Å².